The number of hydrogen-bond acceptors (Lipinski definition) is 4. The lowest BCUT2D eigenvalue weighted by Crippen LogP contribution is -2.35. The first-order chi connectivity index (χ1) is 15.2. The fourth-order valence-corrected chi connectivity index (χ4v) is 4.06. The number of fused-ring (bicyclic) bond motifs is 1. The second-order valence-corrected chi connectivity index (χ2v) is 7.81. The summed E-state index contributed by atoms with van der Waals surface area (Å²) in [4.78, 5) is 17.0. The molecule has 1 aliphatic heterocycles. The molecule has 0 bridgehead atoms. The maximum absolute atomic E-state index is 12.7. The van der Waals surface area contributed by atoms with Crippen molar-refractivity contribution in [1.82, 2.24) is 4.90 Å². The first-order valence-corrected chi connectivity index (χ1v) is 10.9. The van der Waals surface area contributed by atoms with E-state index in [-0.39, 0.29) is 5.91 Å². The molecule has 0 aliphatic carbocycles. The van der Waals surface area contributed by atoms with Crippen LogP contribution in [0.1, 0.15) is 24.8 Å². The number of benzene rings is 3. The van der Waals surface area contributed by atoms with E-state index >= 15 is 0 Å². The first-order valence-electron chi connectivity index (χ1n) is 10.9. The zero-order chi connectivity index (χ0) is 21.5. The number of carbonyl (C=O) groups excluding carboxylic acids is 1. The van der Waals surface area contributed by atoms with Crippen LogP contribution in [0.4, 0.5) is 5.69 Å². The van der Waals surface area contributed by atoms with Crippen LogP contribution in [0.5, 0.6) is 5.75 Å². The molecule has 31 heavy (non-hydrogen) atoms. The Kier molecular flexibility index (Phi) is 6.68. The van der Waals surface area contributed by atoms with Gasteiger partial charge in [0.05, 0.1) is 18.2 Å². The molecule has 3 aromatic carbocycles. The van der Waals surface area contributed by atoms with Gasteiger partial charge in [0.15, 0.2) is 0 Å². The van der Waals surface area contributed by atoms with Crippen LogP contribution in [-0.4, -0.2) is 43.6 Å². The molecule has 0 aromatic heterocycles. The van der Waals surface area contributed by atoms with Crippen molar-refractivity contribution in [2.24, 2.45) is 0 Å². The molecular weight excluding hydrogens is 386 g/mol. The SMILES string of the molecule is N#Cc1ccc(N2CCCN(C(=O)CCCOc3cccc4ccccc34)CC2)cc1. The standard InChI is InChI=1S/C26H27N3O2/c27-20-21-11-13-23(14-12-21)28-15-5-16-29(18-17-28)26(30)10-4-19-31-25-9-3-7-22-6-1-2-8-24(22)25/h1-3,6-9,11-14H,4-5,10,15-19H2. The molecular formula is C26H27N3O2. The van der Waals surface area contributed by atoms with E-state index in [4.69, 9.17) is 10.00 Å². The highest BCUT2D eigenvalue weighted by molar-refractivity contribution is 5.88. The summed E-state index contributed by atoms with van der Waals surface area (Å²) in [5.74, 6) is 1.07. The van der Waals surface area contributed by atoms with Crippen molar-refractivity contribution in [2.75, 3.05) is 37.7 Å². The quantitative estimate of drug-likeness (QED) is 0.554. The maximum Gasteiger partial charge on any atom is 0.222 e. The number of amides is 1. The molecule has 158 valence electrons. The zero-order valence-electron chi connectivity index (χ0n) is 17.7. The van der Waals surface area contributed by atoms with Crippen molar-refractivity contribution in [1.29, 1.82) is 5.26 Å². The van der Waals surface area contributed by atoms with Crippen LogP contribution in [0.3, 0.4) is 0 Å². The largest absolute Gasteiger partial charge is 0.493 e. The molecule has 1 heterocycles. The van der Waals surface area contributed by atoms with Gasteiger partial charge in [-0.1, -0.05) is 36.4 Å². The molecule has 0 spiro atoms. The number of rotatable bonds is 6. The second-order valence-electron chi connectivity index (χ2n) is 7.81. The highest BCUT2D eigenvalue weighted by atomic mass is 16.5. The Morgan fingerprint density at radius 1 is 0.935 bits per heavy atom. The van der Waals surface area contributed by atoms with E-state index in [1.165, 1.54) is 0 Å². The molecule has 3 aromatic rings. The molecule has 5 nitrogen and oxygen atoms in total. The molecule has 0 radical (unpaired) electrons. The van der Waals surface area contributed by atoms with Crippen molar-refractivity contribution in [3.63, 3.8) is 0 Å². The third kappa shape index (κ3) is 5.16. The number of anilines is 1. The van der Waals surface area contributed by atoms with E-state index in [1.54, 1.807) is 0 Å². The van der Waals surface area contributed by atoms with Crippen LogP contribution in [0, 0.1) is 11.3 Å². The van der Waals surface area contributed by atoms with Gasteiger partial charge < -0.3 is 14.5 Å². The van der Waals surface area contributed by atoms with Gasteiger partial charge in [0, 0.05) is 43.7 Å². The molecule has 0 unspecified atom stereocenters. The number of nitrogens with zero attached hydrogens (tertiary/aromatic N) is 3. The van der Waals surface area contributed by atoms with Crippen LogP contribution < -0.4 is 9.64 Å². The van der Waals surface area contributed by atoms with E-state index in [0.717, 1.165) is 54.8 Å². The fraction of sp³-hybridized carbons (Fsp3) is 0.308. The topological polar surface area (TPSA) is 56.6 Å². The molecule has 1 aliphatic rings. The summed E-state index contributed by atoms with van der Waals surface area (Å²) in [5.41, 5.74) is 1.78. The van der Waals surface area contributed by atoms with Crippen LogP contribution in [-0.2, 0) is 4.79 Å². The Morgan fingerprint density at radius 3 is 2.58 bits per heavy atom. The average molecular weight is 414 g/mol. The van der Waals surface area contributed by atoms with Crippen molar-refractivity contribution in [3.05, 3.63) is 72.3 Å². The second kappa shape index (κ2) is 9.99. The monoisotopic (exact) mass is 413 g/mol. The number of nitriles is 1. The van der Waals surface area contributed by atoms with Gasteiger partial charge in [-0.2, -0.15) is 5.26 Å². The lowest BCUT2D eigenvalue weighted by molar-refractivity contribution is -0.131. The van der Waals surface area contributed by atoms with Crippen LogP contribution in [0.25, 0.3) is 10.8 Å². The van der Waals surface area contributed by atoms with Gasteiger partial charge in [-0.05, 0) is 48.6 Å². The number of hydrogen-bond donors (Lipinski definition) is 0. The molecule has 1 amide bonds. The number of ether oxygens (including phenoxy) is 1. The summed E-state index contributed by atoms with van der Waals surface area (Å²) in [6.07, 6.45) is 2.15. The molecule has 0 saturated carbocycles. The van der Waals surface area contributed by atoms with Crippen molar-refractivity contribution < 1.29 is 9.53 Å². The summed E-state index contributed by atoms with van der Waals surface area (Å²) >= 11 is 0. The molecule has 5 heteroatoms. The van der Waals surface area contributed by atoms with Gasteiger partial charge in [0.2, 0.25) is 5.91 Å². The van der Waals surface area contributed by atoms with Gasteiger partial charge in [-0.15, -0.1) is 0 Å². The predicted octanol–water partition coefficient (Wildman–Crippen LogP) is 4.61. The van der Waals surface area contributed by atoms with Crippen LogP contribution >= 0.6 is 0 Å². The highest BCUT2D eigenvalue weighted by Gasteiger charge is 2.19. The minimum atomic E-state index is 0.197. The Morgan fingerprint density at radius 2 is 1.74 bits per heavy atom. The Labute approximate surface area is 183 Å². The summed E-state index contributed by atoms with van der Waals surface area (Å²) in [5, 5.41) is 11.2. The average Bonchev–Trinajstić information content (AvgIpc) is 3.08. The maximum atomic E-state index is 12.7. The van der Waals surface area contributed by atoms with Gasteiger partial charge in [0.25, 0.3) is 0 Å². The normalized spacial score (nSPS) is 14.2. The zero-order valence-corrected chi connectivity index (χ0v) is 17.7. The van der Waals surface area contributed by atoms with E-state index in [9.17, 15) is 4.79 Å². The molecule has 1 saturated heterocycles. The summed E-state index contributed by atoms with van der Waals surface area (Å²) in [7, 11) is 0. The van der Waals surface area contributed by atoms with Crippen LogP contribution in [0.15, 0.2) is 66.7 Å². The van der Waals surface area contributed by atoms with Gasteiger partial charge >= 0.3 is 0 Å². The first kappa shape index (κ1) is 20.7. The Bertz CT molecular complexity index is 1070. The van der Waals surface area contributed by atoms with E-state index in [1.807, 2.05) is 53.4 Å². The van der Waals surface area contributed by atoms with Gasteiger partial charge in [-0.25, -0.2) is 0 Å². The third-order valence-corrected chi connectivity index (χ3v) is 5.75. The van der Waals surface area contributed by atoms with Crippen molar-refractivity contribution in [2.45, 2.75) is 19.3 Å². The third-order valence-electron chi connectivity index (χ3n) is 5.75. The Balaban J connectivity index is 1.25. The van der Waals surface area contributed by atoms with E-state index in [2.05, 4.69) is 29.2 Å². The van der Waals surface area contributed by atoms with Crippen molar-refractivity contribution in [3.8, 4) is 11.8 Å². The summed E-state index contributed by atoms with van der Waals surface area (Å²) in [6, 6.07) is 24.1. The lowest BCUT2D eigenvalue weighted by atomic mass is 10.1. The molecule has 1 fully saturated rings. The summed E-state index contributed by atoms with van der Waals surface area (Å²) < 4.78 is 5.97. The fourth-order valence-electron chi connectivity index (χ4n) is 4.06. The van der Waals surface area contributed by atoms with E-state index in [0.29, 0.717) is 25.0 Å². The Hall–Kier alpha value is -3.52. The van der Waals surface area contributed by atoms with Gasteiger partial charge in [0.1, 0.15) is 5.75 Å². The smallest absolute Gasteiger partial charge is 0.222 e. The number of carbonyl (C=O) groups is 1. The molecule has 0 atom stereocenters. The van der Waals surface area contributed by atoms with Crippen LogP contribution in [0.2, 0.25) is 0 Å². The predicted molar refractivity (Wildman–Crippen MR) is 123 cm³/mol. The molecule has 4 rings (SSSR count). The molecule has 0 N–H and O–H groups in total. The van der Waals surface area contributed by atoms with Crippen molar-refractivity contribution >= 4 is 22.4 Å². The van der Waals surface area contributed by atoms with E-state index < -0.39 is 0 Å². The highest BCUT2D eigenvalue weighted by Crippen LogP contribution is 2.25. The minimum Gasteiger partial charge on any atom is -0.493 e. The minimum absolute atomic E-state index is 0.197. The van der Waals surface area contributed by atoms with Gasteiger partial charge in [-0.3, -0.25) is 4.79 Å². The lowest BCUT2D eigenvalue weighted by Gasteiger charge is -2.24. The summed E-state index contributed by atoms with van der Waals surface area (Å²) in [6.45, 7) is 3.77.